The maximum atomic E-state index is 10.9. The van der Waals surface area contributed by atoms with Crippen LogP contribution in [0.2, 0.25) is 5.02 Å². The van der Waals surface area contributed by atoms with E-state index in [1.54, 1.807) is 12.1 Å². The Morgan fingerprint density at radius 2 is 2.06 bits per heavy atom. The average Bonchev–Trinajstić information content (AvgIpc) is 2.19. The van der Waals surface area contributed by atoms with E-state index in [2.05, 4.69) is 0 Å². The quantitative estimate of drug-likeness (QED) is 0.598. The minimum Gasteiger partial charge on any atom is -0.376 e. The standard InChI is InChI=1S/C12H16ClNO3/c1-8(2)17-9(3)7-10-11(13)5-4-6-12(10)14(15)16/h4-6,8-9H,7H2,1-3H3. The van der Waals surface area contributed by atoms with Crippen LogP contribution in [0.5, 0.6) is 0 Å². The van der Waals surface area contributed by atoms with Crippen LogP contribution in [-0.4, -0.2) is 17.1 Å². The summed E-state index contributed by atoms with van der Waals surface area (Å²) in [5, 5.41) is 11.3. The minimum atomic E-state index is -0.413. The predicted octanol–water partition coefficient (Wildman–Crippen LogP) is 3.60. The highest BCUT2D eigenvalue weighted by atomic mass is 35.5. The Labute approximate surface area is 106 Å². The number of ether oxygens (including phenoxy) is 1. The molecule has 0 aliphatic heterocycles. The van der Waals surface area contributed by atoms with Crippen LogP contribution in [0.4, 0.5) is 5.69 Å². The zero-order valence-electron chi connectivity index (χ0n) is 10.1. The zero-order valence-corrected chi connectivity index (χ0v) is 10.9. The van der Waals surface area contributed by atoms with Gasteiger partial charge in [-0.05, 0) is 26.8 Å². The van der Waals surface area contributed by atoms with Gasteiger partial charge in [-0.3, -0.25) is 10.1 Å². The van der Waals surface area contributed by atoms with Crippen molar-refractivity contribution in [2.45, 2.75) is 39.4 Å². The number of hydrogen-bond donors (Lipinski definition) is 0. The molecule has 0 N–H and O–H groups in total. The molecular weight excluding hydrogens is 242 g/mol. The molecule has 1 atom stereocenters. The molecule has 0 spiro atoms. The van der Waals surface area contributed by atoms with Crippen molar-refractivity contribution >= 4 is 17.3 Å². The molecule has 5 heteroatoms. The number of benzene rings is 1. The number of nitrogens with zero attached hydrogens (tertiary/aromatic N) is 1. The van der Waals surface area contributed by atoms with Gasteiger partial charge in [-0.2, -0.15) is 0 Å². The molecular formula is C12H16ClNO3. The normalized spacial score (nSPS) is 12.8. The molecule has 0 heterocycles. The van der Waals surface area contributed by atoms with Crippen LogP contribution in [0.1, 0.15) is 26.3 Å². The molecule has 0 fully saturated rings. The second-order valence-corrected chi connectivity index (χ2v) is 4.60. The van der Waals surface area contributed by atoms with E-state index >= 15 is 0 Å². The molecule has 0 bridgehead atoms. The highest BCUT2D eigenvalue weighted by Crippen LogP contribution is 2.28. The maximum Gasteiger partial charge on any atom is 0.274 e. The predicted molar refractivity (Wildman–Crippen MR) is 67.5 cm³/mol. The second-order valence-electron chi connectivity index (χ2n) is 4.19. The SMILES string of the molecule is CC(C)OC(C)Cc1c(Cl)cccc1[N+](=O)[O-]. The van der Waals surface area contributed by atoms with Crippen molar-refractivity contribution in [2.24, 2.45) is 0 Å². The van der Waals surface area contributed by atoms with Gasteiger partial charge in [-0.15, -0.1) is 0 Å². The summed E-state index contributed by atoms with van der Waals surface area (Å²) in [5.74, 6) is 0. The zero-order chi connectivity index (χ0) is 13.0. The Hall–Kier alpha value is -1.13. The van der Waals surface area contributed by atoms with Gasteiger partial charge in [-0.1, -0.05) is 17.7 Å². The Bertz CT molecular complexity index is 407. The topological polar surface area (TPSA) is 52.4 Å². The summed E-state index contributed by atoms with van der Waals surface area (Å²) in [6.07, 6.45) is 0.425. The molecule has 0 aliphatic carbocycles. The molecule has 94 valence electrons. The lowest BCUT2D eigenvalue weighted by molar-refractivity contribution is -0.385. The molecule has 0 saturated carbocycles. The number of halogens is 1. The third-order valence-corrected chi connectivity index (χ3v) is 2.64. The van der Waals surface area contributed by atoms with Gasteiger partial charge in [-0.25, -0.2) is 0 Å². The van der Waals surface area contributed by atoms with E-state index in [0.717, 1.165) is 0 Å². The molecule has 0 aromatic heterocycles. The van der Waals surface area contributed by atoms with Crippen LogP contribution >= 0.6 is 11.6 Å². The smallest absolute Gasteiger partial charge is 0.274 e. The van der Waals surface area contributed by atoms with Crippen LogP contribution in [-0.2, 0) is 11.2 Å². The molecule has 1 aromatic carbocycles. The third-order valence-electron chi connectivity index (χ3n) is 2.29. The van der Waals surface area contributed by atoms with Crippen LogP contribution < -0.4 is 0 Å². The van der Waals surface area contributed by atoms with Crippen LogP contribution in [0.3, 0.4) is 0 Å². The first-order valence-electron chi connectivity index (χ1n) is 5.49. The number of nitro groups is 1. The lowest BCUT2D eigenvalue weighted by Crippen LogP contribution is -2.17. The fourth-order valence-corrected chi connectivity index (χ4v) is 1.97. The maximum absolute atomic E-state index is 10.9. The van der Waals surface area contributed by atoms with E-state index in [1.807, 2.05) is 20.8 Å². The highest BCUT2D eigenvalue weighted by molar-refractivity contribution is 6.31. The van der Waals surface area contributed by atoms with Crippen molar-refractivity contribution in [1.82, 2.24) is 0 Å². The van der Waals surface area contributed by atoms with Gasteiger partial charge < -0.3 is 4.74 Å². The minimum absolute atomic E-state index is 0.0525. The van der Waals surface area contributed by atoms with Gasteiger partial charge in [0, 0.05) is 12.5 Å². The lowest BCUT2D eigenvalue weighted by atomic mass is 10.1. The summed E-state index contributed by atoms with van der Waals surface area (Å²) in [6.45, 7) is 5.74. The molecule has 0 aliphatic rings. The fraction of sp³-hybridized carbons (Fsp3) is 0.500. The largest absolute Gasteiger partial charge is 0.376 e. The highest BCUT2D eigenvalue weighted by Gasteiger charge is 2.19. The molecule has 0 radical (unpaired) electrons. The Morgan fingerprint density at radius 3 is 2.59 bits per heavy atom. The second kappa shape index (κ2) is 5.98. The Morgan fingerprint density at radius 1 is 1.41 bits per heavy atom. The van der Waals surface area contributed by atoms with Gasteiger partial charge in [0.25, 0.3) is 5.69 Å². The van der Waals surface area contributed by atoms with Crippen molar-refractivity contribution in [2.75, 3.05) is 0 Å². The van der Waals surface area contributed by atoms with Gasteiger partial charge in [0.05, 0.1) is 27.7 Å². The summed E-state index contributed by atoms with van der Waals surface area (Å²) >= 11 is 5.99. The van der Waals surface area contributed by atoms with Gasteiger partial charge in [0.15, 0.2) is 0 Å². The van der Waals surface area contributed by atoms with E-state index in [4.69, 9.17) is 16.3 Å². The van der Waals surface area contributed by atoms with Crippen molar-refractivity contribution in [3.63, 3.8) is 0 Å². The molecule has 17 heavy (non-hydrogen) atoms. The summed E-state index contributed by atoms with van der Waals surface area (Å²) in [7, 11) is 0. The van der Waals surface area contributed by atoms with Crippen LogP contribution in [0, 0.1) is 10.1 Å². The number of rotatable bonds is 5. The number of nitro benzene ring substituents is 1. The molecule has 1 aromatic rings. The first-order valence-corrected chi connectivity index (χ1v) is 5.86. The van der Waals surface area contributed by atoms with Crippen molar-refractivity contribution in [3.8, 4) is 0 Å². The van der Waals surface area contributed by atoms with Gasteiger partial charge in [0.2, 0.25) is 0 Å². The molecule has 0 amide bonds. The van der Waals surface area contributed by atoms with E-state index in [1.165, 1.54) is 6.07 Å². The van der Waals surface area contributed by atoms with E-state index in [9.17, 15) is 10.1 Å². The Kier molecular flexibility index (Phi) is 4.90. The van der Waals surface area contributed by atoms with Crippen molar-refractivity contribution in [3.05, 3.63) is 38.9 Å². The summed E-state index contributed by atoms with van der Waals surface area (Å²) in [4.78, 5) is 10.5. The first-order chi connectivity index (χ1) is 7.91. The van der Waals surface area contributed by atoms with E-state index in [0.29, 0.717) is 17.0 Å². The average molecular weight is 258 g/mol. The molecule has 1 unspecified atom stereocenters. The molecule has 4 nitrogen and oxygen atoms in total. The van der Waals surface area contributed by atoms with Crippen LogP contribution in [0.15, 0.2) is 18.2 Å². The van der Waals surface area contributed by atoms with E-state index in [-0.39, 0.29) is 17.9 Å². The molecule has 1 rings (SSSR count). The van der Waals surface area contributed by atoms with Crippen LogP contribution in [0.25, 0.3) is 0 Å². The fourth-order valence-electron chi connectivity index (χ4n) is 1.72. The van der Waals surface area contributed by atoms with Gasteiger partial charge >= 0.3 is 0 Å². The monoisotopic (exact) mass is 257 g/mol. The molecule has 0 saturated heterocycles. The lowest BCUT2D eigenvalue weighted by Gasteiger charge is -2.16. The van der Waals surface area contributed by atoms with E-state index < -0.39 is 4.92 Å². The first kappa shape index (κ1) is 13.9. The third kappa shape index (κ3) is 3.98. The Balaban J connectivity index is 2.92. The van der Waals surface area contributed by atoms with Gasteiger partial charge in [0.1, 0.15) is 0 Å². The summed E-state index contributed by atoms with van der Waals surface area (Å²) in [5.41, 5.74) is 0.587. The number of hydrogen-bond acceptors (Lipinski definition) is 3. The summed E-state index contributed by atoms with van der Waals surface area (Å²) in [6, 6.07) is 4.70. The van der Waals surface area contributed by atoms with Crippen molar-refractivity contribution < 1.29 is 9.66 Å². The van der Waals surface area contributed by atoms with Crippen molar-refractivity contribution in [1.29, 1.82) is 0 Å². The summed E-state index contributed by atoms with van der Waals surface area (Å²) < 4.78 is 5.56.